The average molecular weight is 274 g/mol. The van der Waals surface area contributed by atoms with Crippen LogP contribution >= 0.6 is 0 Å². The van der Waals surface area contributed by atoms with Gasteiger partial charge in [0.1, 0.15) is 6.04 Å². The number of aromatic nitrogens is 1. The van der Waals surface area contributed by atoms with Crippen LogP contribution in [0.2, 0.25) is 0 Å². The number of carbonyl (C=O) groups excluding carboxylic acids is 1. The first-order valence-electron chi connectivity index (χ1n) is 6.35. The molecule has 2 heterocycles. The zero-order chi connectivity index (χ0) is 14.3. The number of hydrogen-bond acceptors (Lipinski definition) is 3. The van der Waals surface area contributed by atoms with Crippen molar-refractivity contribution in [2.24, 2.45) is 0 Å². The molecule has 1 aliphatic rings. The SMILES string of the molecule is O=C(O)[C@@H]1C[C@@H](O)CN1C(=O)c1ccc2cc[nH]c2c1. The average Bonchev–Trinajstić information content (AvgIpc) is 3.02. The molecule has 6 nitrogen and oxygen atoms in total. The highest BCUT2D eigenvalue weighted by atomic mass is 16.4. The number of carboxylic acids is 1. The number of aromatic amines is 1. The molecule has 1 aromatic carbocycles. The van der Waals surface area contributed by atoms with E-state index in [1.165, 1.54) is 4.90 Å². The number of nitrogens with one attached hydrogen (secondary N) is 1. The third-order valence-electron chi connectivity index (χ3n) is 3.63. The maximum atomic E-state index is 12.4. The van der Waals surface area contributed by atoms with Crippen LogP contribution in [0.25, 0.3) is 10.9 Å². The molecular weight excluding hydrogens is 260 g/mol. The Morgan fingerprint density at radius 3 is 2.85 bits per heavy atom. The summed E-state index contributed by atoms with van der Waals surface area (Å²) in [4.78, 5) is 27.8. The van der Waals surface area contributed by atoms with E-state index in [9.17, 15) is 14.7 Å². The lowest BCUT2D eigenvalue weighted by Gasteiger charge is -2.21. The molecular formula is C14H14N2O4. The van der Waals surface area contributed by atoms with E-state index in [1.807, 2.05) is 6.07 Å². The number of H-pyrrole nitrogens is 1. The van der Waals surface area contributed by atoms with Crippen molar-refractivity contribution in [1.29, 1.82) is 0 Å². The maximum Gasteiger partial charge on any atom is 0.326 e. The lowest BCUT2D eigenvalue weighted by molar-refractivity contribution is -0.141. The standard InChI is InChI=1S/C14H14N2O4/c17-10-6-12(14(19)20)16(7-10)13(18)9-2-1-8-3-4-15-11(8)5-9/h1-5,10,12,15,17H,6-7H2,(H,19,20)/t10-,12+/m1/s1. The Balaban J connectivity index is 1.92. The summed E-state index contributed by atoms with van der Waals surface area (Å²) < 4.78 is 0. The molecule has 3 N–H and O–H groups in total. The summed E-state index contributed by atoms with van der Waals surface area (Å²) in [6.45, 7) is 0.0541. The third-order valence-corrected chi connectivity index (χ3v) is 3.63. The van der Waals surface area contributed by atoms with Crippen LogP contribution in [-0.2, 0) is 4.79 Å². The van der Waals surface area contributed by atoms with E-state index < -0.39 is 18.1 Å². The molecule has 2 aromatic rings. The molecule has 104 valence electrons. The molecule has 1 aliphatic heterocycles. The highest BCUT2D eigenvalue weighted by Gasteiger charge is 2.39. The van der Waals surface area contributed by atoms with E-state index in [-0.39, 0.29) is 18.9 Å². The number of likely N-dealkylation sites (tertiary alicyclic amines) is 1. The van der Waals surface area contributed by atoms with Gasteiger partial charge >= 0.3 is 5.97 Å². The number of rotatable bonds is 2. The summed E-state index contributed by atoms with van der Waals surface area (Å²) in [5.41, 5.74) is 1.24. The largest absolute Gasteiger partial charge is 0.480 e. The number of fused-ring (bicyclic) bond motifs is 1. The summed E-state index contributed by atoms with van der Waals surface area (Å²) in [6.07, 6.45) is 1.07. The smallest absolute Gasteiger partial charge is 0.326 e. The fourth-order valence-electron chi connectivity index (χ4n) is 2.62. The highest BCUT2D eigenvalue weighted by Crippen LogP contribution is 2.22. The van der Waals surface area contributed by atoms with Crippen LogP contribution < -0.4 is 0 Å². The number of aliphatic hydroxyl groups is 1. The summed E-state index contributed by atoms with van der Waals surface area (Å²) in [6, 6.07) is 6.10. The van der Waals surface area contributed by atoms with Crippen LogP contribution in [0.3, 0.4) is 0 Å². The quantitative estimate of drug-likeness (QED) is 0.756. The number of nitrogens with zero attached hydrogens (tertiary/aromatic N) is 1. The minimum Gasteiger partial charge on any atom is -0.480 e. The van der Waals surface area contributed by atoms with Crippen LogP contribution in [0.5, 0.6) is 0 Å². The van der Waals surface area contributed by atoms with Gasteiger partial charge in [-0.05, 0) is 23.6 Å². The van der Waals surface area contributed by atoms with Gasteiger partial charge in [0.05, 0.1) is 6.10 Å². The molecule has 3 rings (SSSR count). The maximum absolute atomic E-state index is 12.4. The zero-order valence-electron chi connectivity index (χ0n) is 10.6. The second kappa shape index (κ2) is 4.64. The van der Waals surface area contributed by atoms with Crippen molar-refractivity contribution in [3.63, 3.8) is 0 Å². The van der Waals surface area contributed by atoms with Crippen LogP contribution in [0.4, 0.5) is 0 Å². The number of carbonyl (C=O) groups is 2. The molecule has 0 radical (unpaired) electrons. The monoisotopic (exact) mass is 274 g/mol. The number of benzene rings is 1. The van der Waals surface area contributed by atoms with Gasteiger partial charge in [-0.15, -0.1) is 0 Å². The molecule has 0 bridgehead atoms. The lowest BCUT2D eigenvalue weighted by atomic mass is 10.1. The number of amides is 1. The van der Waals surface area contributed by atoms with Crippen molar-refractivity contribution < 1.29 is 19.8 Å². The molecule has 0 saturated carbocycles. The van der Waals surface area contributed by atoms with E-state index >= 15 is 0 Å². The Morgan fingerprint density at radius 1 is 1.30 bits per heavy atom. The Morgan fingerprint density at radius 2 is 2.10 bits per heavy atom. The van der Waals surface area contributed by atoms with Crippen LogP contribution in [0, 0.1) is 0 Å². The van der Waals surface area contributed by atoms with Gasteiger partial charge in [0, 0.05) is 30.2 Å². The molecule has 1 amide bonds. The number of hydrogen-bond donors (Lipinski definition) is 3. The minimum absolute atomic E-state index is 0.0541. The van der Waals surface area contributed by atoms with Crippen LogP contribution in [-0.4, -0.2) is 50.7 Å². The van der Waals surface area contributed by atoms with Crippen molar-refractivity contribution in [3.8, 4) is 0 Å². The highest BCUT2D eigenvalue weighted by molar-refractivity contribution is 5.99. The van der Waals surface area contributed by atoms with Gasteiger partial charge in [0.25, 0.3) is 5.91 Å². The van der Waals surface area contributed by atoms with Gasteiger partial charge < -0.3 is 20.1 Å². The molecule has 2 atom stereocenters. The van der Waals surface area contributed by atoms with Gasteiger partial charge in [-0.3, -0.25) is 4.79 Å². The predicted octanol–water partition coefficient (Wildman–Crippen LogP) is 0.828. The van der Waals surface area contributed by atoms with Crippen molar-refractivity contribution in [3.05, 3.63) is 36.0 Å². The summed E-state index contributed by atoms with van der Waals surface area (Å²) in [7, 11) is 0. The molecule has 0 spiro atoms. The first-order chi connectivity index (χ1) is 9.56. The second-order valence-corrected chi connectivity index (χ2v) is 4.98. The molecule has 20 heavy (non-hydrogen) atoms. The van der Waals surface area contributed by atoms with Crippen molar-refractivity contribution >= 4 is 22.8 Å². The fraction of sp³-hybridized carbons (Fsp3) is 0.286. The summed E-state index contributed by atoms with van der Waals surface area (Å²) in [5, 5.41) is 19.7. The Hall–Kier alpha value is -2.34. The van der Waals surface area contributed by atoms with Gasteiger partial charge in [-0.25, -0.2) is 4.79 Å². The van der Waals surface area contributed by atoms with Crippen LogP contribution in [0.15, 0.2) is 30.5 Å². The molecule has 1 fully saturated rings. The number of aliphatic hydroxyl groups excluding tert-OH is 1. The van der Waals surface area contributed by atoms with E-state index in [0.29, 0.717) is 5.56 Å². The predicted molar refractivity (Wildman–Crippen MR) is 71.4 cm³/mol. The molecule has 1 aromatic heterocycles. The first kappa shape index (κ1) is 12.7. The molecule has 0 aliphatic carbocycles. The number of aliphatic carboxylic acids is 1. The van der Waals surface area contributed by atoms with Gasteiger partial charge in [-0.1, -0.05) is 6.07 Å². The van der Waals surface area contributed by atoms with E-state index in [1.54, 1.807) is 24.4 Å². The summed E-state index contributed by atoms with van der Waals surface area (Å²) >= 11 is 0. The normalized spacial score (nSPS) is 22.4. The Labute approximate surface area is 114 Å². The molecule has 0 unspecified atom stereocenters. The first-order valence-corrected chi connectivity index (χ1v) is 6.35. The third kappa shape index (κ3) is 2.04. The van der Waals surface area contributed by atoms with Gasteiger partial charge in [-0.2, -0.15) is 0 Å². The number of β-amino-alcohol motifs (C(OH)–C–C–N with tert-alkyl or cyclic N) is 1. The van der Waals surface area contributed by atoms with E-state index in [2.05, 4.69) is 4.98 Å². The van der Waals surface area contributed by atoms with E-state index in [0.717, 1.165) is 10.9 Å². The van der Waals surface area contributed by atoms with E-state index in [4.69, 9.17) is 5.11 Å². The van der Waals surface area contributed by atoms with Crippen molar-refractivity contribution in [2.45, 2.75) is 18.6 Å². The topological polar surface area (TPSA) is 93.6 Å². The lowest BCUT2D eigenvalue weighted by Crippen LogP contribution is -2.40. The van der Waals surface area contributed by atoms with Gasteiger partial charge in [0.15, 0.2) is 0 Å². The minimum atomic E-state index is -1.09. The molecule has 6 heteroatoms. The fourth-order valence-corrected chi connectivity index (χ4v) is 2.62. The zero-order valence-corrected chi connectivity index (χ0v) is 10.6. The number of carboxylic acid groups (broad SMARTS) is 1. The Kier molecular flexibility index (Phi) is 2.94. The second-order valence-electron chi connectivity index (χ2n) is 4.98. The van der Waals surface area contributed by atoms with Crippen molar-refractivity contribution in [2.75, 3.05) is 6.54 Å². The van der Waals surface area contributed by atoms with Crippen molar-refractivity contribution in [1.82, 2.24) is 9.88 Å². The van der Waals surface area contributed by atoms with Gasteiger partial charge in [0.2, 0.25) is 0 Å². The summed E-state index contributed by atoms with van der Waals surface area (Å²) in [5.74, 6) is -1.46. The Bertz CT molecular complexity index is 679. The molecule has 1 saturated heterocycles. The van der Waals surface area contributed by atoms with Crippen LogP contribution in [0.1, 0.15) is 16.8 Å².